The summed E-state index contributed by atoms with van der Waals surface area (Å²) in [6, 6.07) is 9.74. The molecule has 3 heterocycles. The highest BCUT2D eigenvalue weighted by Gasteiger charge is 2.50. The zero-order valence-electron chi connectivity index (χ0n) is 23.7. The normalized spacial score (nSPS) is 19.5. The Kier molecular flexibility index (Phi) is 8.11. The molecular formula is C28H38N4O6Si. The van der Waals surface area contributed by atoms with E-state index in [0.717, 1.165) is 5.56 Å². The first-order valence-corrected chi connectivity index (χ1v) is 15.9. The van der Waals surface area contributed by atoms with Crippen molar-refractivity contribution in [2.45, 2.75) is 84.1 Å². The Morgan fingerprint density at radius 1 is 1.10 bits per heavy atom. The van der Waals surface area contributed by atoms with Crippen LogP contribution in [0.5, 0.6) is 0 Å². The van der Waals surface area contributed by atoms with Crippen LogP contribution in [0.1, 0.15) is 50.5 Å². The van der Waals surface area contributed by atoms with Crippen molar-refractivity contribution in [2.75, 3.05) is 12.3 Å². The Morgan fingerprint density at radius 3 is 2.44 bits per heavy atom. The number of fused-ring (bicyclic) bond motifs is 1. The molecule has 11 heteroatoms. The zero-order valence-corrected chi connectivity index (χ0v) is 24.7. The van der Waals surface area contributed by atoms with Crippen molar-refractivity contribution in [1.82, 2.24) is 14.5 Å². The van der Waals surface area contributed by atoms with Crippen LogP contribution in [0, 0.1) is 0 Å². The molecule has 0 radical (unpaired) electrons. The van der Waals surface area contributed by atoms with Gasteiger partial charge in [0.15, 0.2) is 43.7 Å². The van der Waals surface area contributed by atoms with Crippen LogP contribution in [0.4, 0.5) is 5.82 Å². The summed E-state index contributed by atoms with van der Waals surface area (Å²) in [5.74, 6) is -1.70. The Hall–Kier alpha value is -2.96. The number of Topliss-reactive ketones (excluding diaryl/α,β-unsaturated/α-hetero) is 2. The molecule has 4 rings (SSSR count). The van der Waals surface area contributed by atoms with Gasteiger partial charge >= 0.3 is 0 Å². The lowest BCUT2D eigenvalue weighted by Crippen LogP contribution is -2.45. The topological polar surface area (TPSA) is 128 Å². The van der Waals surface area contributed by atoms with E-state index in [2.05, 4.69) is 43.8 Å². The molecule has 1 fully saturated rings. The minimum atomic E-state index is -2.19. The Balaban J connectivity index is 1.58. The molecule has 2 aromatic heterocycles. The molecule has 210 valence electrons. The lowest BCUT2D eigenvalue weighted by atomic mass is 10.0. The van der Waals surface area contributed by atoms with Gasteiger partial charge in [-0.05, 0) is 37.5 Å². The number of nitrogen functional groups attached to an aromatic ring is 1. The number of ether oxygens (including phenoxy) is 3. The van der Waals surface area contributed by atoms with E-state index >= 15 is 0 Å². The summed E-state index contributed by atoms with van der Waals surface area (Å²) in [7, 11) is -2.19. The molecule has 0 spiro atoms. The van der Waals surface area contributed by atoms with Gasteiger partial charge in [0.2, 0.25) is 0 Å². The van der Waals surface area contributed by atoms with Crippen molar-refractivity contribution >= 4 is 36.7 Å². The molecule has 2 N–H and O–H groups in total. The molecule has 1 aliphatic heterocycles. The van der Waals surface area contributed by atoms with Crippen LogP contribution in [-0.4, -0.2) is 59.0 Å². The molecule has 0 aliphatic carbocycles. The number of carbonyl (C=O) groups excluding carboxylic acids is 2. The van der Waals surface area contributed by atoms with E-state index in [1.807, 2.05) is 30.3 Å². The predicted octanol–water partition coefficient (Wildman–Crippen LogP) is 4.48. The van der Waals surface area contributed by atoms with E-state index in [9.17, 15) is 9.59 Å². The van der Waals surface area contributed by atoms with Gasteiger partial charge in [0.25, 0.3) is 0 Å². The molecule has 1 saturated heterocycles. The van der Waals surface area contributed by atoms with Crippen molar-refractivity contribution < 1.29 is 28.2 Å². The van der Waals surface area contributed by atoms with Gasteiger partial charge in [0, 0.05) is 6.20 Å². The summed E-state index contributed by atoms with van der Waals surface area (Å²) in [5.41, 5.74) is 8.26. The van der Waals surface area contributed by atoms with E-state index in [-0.39, 0.29) is 35.5 Å². The van der Waals surface area contributed by atoms with Crippen LogP contribution in [0.3, 0.4) is 0 Å². The molecule has 0 bridgehead atoms. The zero-order chi connectivity index (χ0) is 28.6. The molecule has 1 aliphatic rings. The number of carbonyl (C=O) groups is 2. The van der Waals surface area contributed by atoms with Crippen molar-refractivity contribution in [3.05, 3.63) is 54.0 Å². The first kappa shape index (κ1) is 29.0. The fourth-order valence-electron chi connectivity index (χ4n) is 4.16. The summed E-state index contributed by atoms with van der Waals surface area (Å²) in [4.78, 5) is 35.6. The van der Waals surface area contributed by atoms with Crippen molar-refractivity contribution in [3.8, 4) is 0 Å². The van der Waals surface area contributed by atoms with E-state index in [1.165, 1.54) is 6.33 Å². The average Bonchev–Trinajstić information content (AvgIpc) is 3.40. The molecule has 2 unspecified atom stereocenters. The van der Waals surface area contributed by atoms with E-state index in [1.54, 1.807) is 24.6 Å². The summed E-state index contributed by atoms with van der Waals surface area (Å²) in [6.45, 7) is 14.1. The van der Waals surface area contributed by atoms with Crippen molar-refractivity contribution in [1.29, 1.82) is 0 Å². The Morgan fingerprint density at radius 2 is 1.77 bits per heavy atom. The number of aromatic nitrogens is 3. The molecular weight excluding hydrogens is 516 g/mol. The molecule has 0 amide bonds. The third-order valence-corrected chi connectivity index (χ3v) is 11.8. The fraction of sp³-hybridized carbons (Fsp3) is 0.500. The molecule has 3 aromatic rings. The minimum Gasteiger partial charge on any atom is -0.409 e. The second-order valence-corrected chi connectivity index (χ2v) is 16.6. The maximum Gasteiger partial charge on any atom is 0.198 e. The van der Waals surface area contributed by atoms with E-state index in [4.69, 9.17) is 24.4 Å². The highest BCUT2D eigenvalue weighted by molar-refractivity contribution is 6.74. The highest BCUT2D eigenvalue weighted by Crippen LogP contribution is 2.37. The van der Waals surface area contributed by atoms with Gasteiger partial charge in [-0.25, -0.2) is 9.97 Å². The number of rotatable bonds is 10. The summed E-state index contributed by atoms with van der Waals surface area (Å²) in [6.07, 6.45) is 0.626. The summed E-state index contributed by atoms with van der Waals surface area (Å²) >= 11 is 0. The number of benzene rings is 1. The second kappa shape index (κ2) is 10.9. The van der Waals surface area contributed by atoms with Crippen LogP contribution in [0.25, 0.3) is 11.0 Å². The number of hydrogen-bond donors (Lipinski definition) is 1. The van der Waals surface area contributed by atoms with Crippen LogP contribution >= 0.6 is 0 Å². The average molecular weight is 555 g/mol. The number of ketones is 2. The monoisotopic (exact) mass is 554 g/mol. The largest absolute Gasteiger partial charge is 0.409 e. The highest BCUT2D eigenvalue weighted by atomic mass is 28.4. The van der Waals surface area contributed by atoms with Gasteiger partial charge in [-0.1, -0.05) is 51.1 Å². The fourth-order valence-corrected chi connectivity index (χ4v) is 5.10. The quantitative estimate of drug-likeness (QED) is 0.285. The van der Waals surface area contributed by atoms with Crippen LogP contribution < -0.4 is 5.73 Å². The van der Waals surface area contributed by atoms with Gasteiger partial charge in [-0.3, -0.25) is 9.59 Å². The summed E-state index contributed by atoms with van der Waals surface area (Å²) < 4.78 is 25.6. The molecule has 2 atom stereocenters. The number of nitrogens with zero attached hydrogens (tertiary/aromatic N) is 3. The lowest BCUT2D eigenvalue weighted by Gasteiger charge is -2.36. The first-order valence-electron chi connectivity index (χ1n) is 13.0. The van der Waals surface area contributed by atoms with Gasteiger partial charge in [-0.15, -0.1) is 0 Å². The second-order valence-electron chi connectivity index (χ2n) is 11.8. The van der Waals surface area contributed by atoms with Gasteiger partial charge in [0.1, 0.15) is 24.1 Å². The third-order valence-electron chi connectivity index (χ3n) is 7.34. The van der Waals surface area contributed by atoms with Gasteiger partial charge in [-0.2, -0.15) is 0 Å². The molecule has 1 aromatic carbocycles. The minimum absolute atomic E-state index is 0.0706. The molecule has 39 heavy (non-hydrogen) atoms. The smallest absolute Gasteiger partial charge is 0.198 e. The summed E-state index contributed by atoms with van der Waals surface area (Å²) in [5, 5.41) is -0.0706. The Bertz CT molecular complexity index is 1350. The SMILES string of the molecule is CC1(C)OC(C(=O)CO[Si](C)(C)C(C)(C)C)C(C(=O)c2cn(COCc3ccccc3)c3c(N)ncnc23)O1. The maximum atomic E-state index is 13.9. The van der Waals surface area contributed by atoms with Crippen molar-refractivity contribution in [3.63, 3.8) is 0 Å². The first-order chi connectivity index (χ1) is 18.2. The van der Waals surface area contributed by atoms with Crippen LogP contribution in [-0.2, 0) is 36.8 Å². The van der Waals surface area contributed by atoms with Crippen LogP contribution in [0.2, 0.25) is 18.1 Å². The van der Waals surface area contributed by atoms with Gasteiger partial charge in [0.05, 0.1) is 18.8 Å². The Labute approximate surface area is 229 Å². The predicted molar refractivity (Wildman–Crippen MR) is 149 cm³/mol. The third kappa shape index (κ3) is 6.28. The number of hydrogen-bond acceptors (Lipinski definition) is 9. The van der Waals surface area contributed by atoms with Crippen LogP contribution in [0.15, 0.2) is 42.9 Å². The molecule has 0 saturated carbocycles. The van der Waals surface area contributed by atoms with E-state index in [0.29, 0.717) is 17.6 Å². The molecule has 10 nitrogen and oxygen atoms in total. The number of anilines is 1. The van der Waals surface area contributed by atoms with Gasteiger partial charge < -0.3 is 28.9 Å². The lowest BCUT2D eigenvalue weighted by molar-refractivity contribution is -0.154. The van der Waals surface area contributed by atoms with Crippen molar-refractivity contribution in [2.24, 2.45) is 0 Å². The standard InChI is InChI=1S/C28H38N4O6Si/c1-27(2,3)39(6,7)36-15-20(33)24-25(38-28(4,5)37-24)23(34)19-13-32(22-21(19)30-16-31-26(22)29)17-35-14-18-11-9-8-10-12-18/h8-13,16,24-25H,14-15,17H2,1-7H3,(H2,29,30,31). The number of nitrogens with two attached hydrogens (primary N) is 1. The van der Waals surface area contributed by atoms with E-state index < -0.39 is 32.1 Å². The maximum absolute atomic E-state index is 13.9.